The number of rotatable bonds is 6. The van der Waals surface area contributed by atoms with Crippen molar-refractivity contribution >= 4 is 42.5 Å². The standard InChI is InChI=1S/C17H22IN3O2Si/c1-24(2,3)10-14(16(23)21-17(11-19)7-8-17)20-15(22)12-5-4-6-13(18)9-12/h4-6,9,14H,7-8,10H2,1-3H3,(H,20,22)(H,21,23)/t14-/m0/s1. The largest absolute Gasteiger partial charge is 0.341 e. The Kier molecular flexibility index (Phi) is 5.70. The normalized spacial score (nSPS) is 16.6. The Hall–Kier alpha value is -1.40. The monoisotopic (exact) mass is 455 g/mol. The number of halogens is 1. The molecule has 2 amide bonds. The zero-order valence-corrected chi connectivity index (χ0v) is 17.3. The fourth-order valence-electron chi connectivity index (χ4n) is 2.41. The van der Waals surface area contributed by atoms with E-state index in [-0.39, 0.29) is 11.8 Å². The van der Waals surface area contributed by atoms with Crippen LogP contribution in [0.15, 0.2) is 24.3 Å². The smallest absolute Gasteiger partial charge is 0.251 e. The molecule has 0 spiro atoms. The molecule has 1 saturated carbocycles. The second kappa shape index (κ2) is 7.23. The average Bonchev–Trinajstić information content (AvgIpc) is 3.25. The topological polar surface area (TPSA) is 82.0 Å². The Bertz CT molecular complexity index is 690. The van der Waals surface area contributed by atoms with E-state index in [4.69, 9.17) is 5.26 Å². The quantitative estimate of drug-likeness (QED) is 0.511. The van der Waals surface area contributed by atoms with Crippen LogP contribution >= 0.6 is 22.6 Å². The number of nitrogens with one attached hydrogen (secondary N) is 2. The van der Waals surface area contributed by atoms with Gasteiger partial charge in [0.05, 0.1) is 6.07 Å². The Labute approximate surface area is 157 Å². The molecule has 5 nitrogen and oxygen atoms in total. The van der Waals surface area contributed by atoms with Gasteiger partial charge in [-0.05, 0) is 59.7 Å². The van der Waals surface area contributed by atoms with Crippen molar-refractivity contribution in [3.05, 3.63) is 33.4 Å². The third kappa shape index (κ3) is 5.31. The Morgan fingerprint density at radius 3 is 2.54 bits per heavy atom. The van der Waals surface area contributed by atoms with Crippen LogP contribution in [-0.2, 0) is 4.79 Å². The highest BCUT2D eigenvalue weighted by Gasteiger charge is 2.46. The molecule has 0 radical (unpaired) electrons. The highest BCUT2D eigenvalue weighted by atomic mass is 127. The van der Waals surface area contributed by atoms with Gasteiger partial charge in [-0.25, -0.2) is 0 Å². The van der Waals surface area contributed by atoms with E-state index in [1.807, 2.05) is 12.1 Å². The maximum absolute atomic E-state index is 12.6. The first kappa shape index (κ1) is 18.9. The van der Waals surface area contributed by atoms with Crippen LogP contribution in [0.25, 0.3) is 0 Å². The summed E-state index contributed by atoms with van der Waals surface area (Å²) in [6.07, 6.45) is 1.36. The van der Waals surface area contributed by atoms with Crippen LogP contribution in [0.1, 0.15) is 23.2 Å². The molecule has 24 heavy (non-hydrogen) atoms. The SMILES string of the molecule is C[Si](C)(C)C[C@H](NC(=O)c1cccc(I)c1)C(=O)NC1(C#N)CC1. The number of hydrogen-bond donors (Lipinski definition) is 2. The van der Waals surface area contributed by atoms with Gasteiger partial charge in [-0.3, -0.25) is 9.59 Å². The zero-order valence-electron chi connectivity index (χ0n) is 14.1. The predicted octanol–water partition coefficient (Wildman–Crippen LogP) is 2.90. The lowest BCUT2D eigenvalue weighted by atomic mass is 10.2. The summed E-state index contributed by atoms with van der Waals surface area (Å²) in [6, 6.07) is 9.44. The molecular weight excluding hydrogens is 433 g/mol. The van der Waals surface area contributed by atoms with Crippen LogP contribution in [0.2, 0.25) is 25.7 Å². The molecule has 0 saturated heterocycles. The average molecular weight is 455 g/mol. The first-order valence-corrected chi connectivity index (χ1v) is 12.7. The van der Waals surface area contributed by atoms with Crippen molar-refractivity contribution in [1.29, 1.82) is 5.26 Å². The molecule has 1 atom stereocenters. The fourth-order valence-corrected chi connectivity index (χ4v) is 4.46. The molecule has 2 N–H and O–H groups in total. The maximum atomic E-state index is 12.6. The molecule has 0 heterocycles. The molecule has 7 heteroatoms. The van der Waals surface area contributed by atoms with Crippen molar-refractivity contribution in [2.45, 2.75) is 50.1 Å². The summed E-state index contributed by atoms with van der Waals surface area (Å²) in [5.74, 6) is -0.510. The summed E-state index contributed by atoms with van der Waals surface area (Å²) in [5.41, 5.74) is -0.182. The Morgan fingerprint density at radius 2 is 2.04 bits per heavy atom. The van der Waals surface area contributed by atoms with Gasteiger partial charge in [0.2, 0.25) is 5.91 Å². The summed E-state index contributed by atoms with van der Waals surface area (Å²) in [6.45, 7) is 6.46. The van der Waals surface area contributed by atoms with Gasteiger partial charge in [-0.2, -0.15) is 5.26 Å². The molecule has 0 unspecified atom stereocenters. The van der Waals surface area contributed by atoms with E-state index in [1.165, 1.54) is 0 Å². The number of carbonyl (C=O) groups is 2. The molecule has 1 aliphatic rings. The molecule has 0 aliphatic heterocycles. The molecule has 0 aromatic heterocycles. The highest BCUT2D eigenvalue weighted by Crippen LogP contribution is 2.34. The molecule has 2 rings (SSSR count). The second-order valence-corrected chi connectivity index (χ2v) is 14.3. The van der Waals surface area contributed by atoms with Gasteiger partial charge in [0.1, 0.15) is 11.6 Å². The van der Waals surface area contributed by atoms with Crippen molar-refractivity contribution < 1.29 is 9.59 Å². The van der Waals surface area contributed by atoms with Crippen LogP contribution in [-0.4, -0.2) is 31.5 Å². The van der Waals surface area contributed by atoms with Gasteiger partial charge in [-0.15, -0.1) is 0 Å². The Balaban J connectivity index is 2.12. The second-order valence-electron chi connectivity index (χ2n) is 7.48. The van der Waals surface area contributed by atoms with Crippen molar-refractivity contribution in [1.82, 2.24) is 10.6 Å². The third-order valence-corrected chi connectivity index (χ3v) is 6.16. The maximum Gasteiger partial charge on any atom is 0.251 e. The fraction of sp³-hybridized carbons (Fsp3) is 0.471. The van der Waals surface area contributed by atoms with E-state index in [1.54, 1.807) is 12.1 Å². The van der Waals surface area contributed by atoms with Gasteiger partial charge in [-0.1, -0.05) is 25.7 Å². The van der Waals surface area contributed by atoms with Crippen LogP contribution in [0.4, 0.5) is 0 Å². The van der Waals surface area contributed by atoms with Gasteiger partial charge < -0.3 is 10.6 Å². The number of hydrogen-bond acceptors (Lipinski definition) is 3. The van der Waals surface area contributed by atoms with Crippen molar-refractivity contribution in [2.24, 2.45) is 0 Å². The van der Waals surface area contributed by atoms with Crippen molar-refractivity contribution in [2.75, 3.05) is 0 Å². The van der Waals surface area contributed by atoms with Crippen LogP contribution in [0.5, 0.6) is 0 Å². The summed E-state index contributed by atoms with van der Waals surface area (Å²) in [4.78, 5) is 25.1. The van der Waals surface area contributed by atoms with E-state index in [0.29, 0.717) is 24.4 Å². The molecule has 1 aliphatic carbocycles. The molecule has 1 aromatic carbocycles. The molecule has 0 bridgehead atoms. The van der Waals surface area contributed by atoms with E-state index in [2.05, 4.69) is 58.9 Å². The number of carbonyl (C=O) groups excluding carboxylic acids is 2. The minimum Gasteiger partial charge on any atom is -0.341 e. The van der Waals surface area contributed by atoms with E-state index in [9.17, 15) is 9.59 Å². The van der Waals surface area contributed by atoms with Gasteiger partial charge in [0.15, 0.2) is 0 Å². The molecular formula is C17H22IN3O2Si. The van der Waals surface area contributed by atoms with Gasteiger partial charge in [0, 0.05) is 17.2 Å². The number of nitrogens with zero attached hydrogens (tertiary/aromatic N) is 1. The van der Waals surface area contributed by atoms with Gasteiger partial charge >= 0.3 is 0 Å². The molecule has 128 valence electrons. The summed E-state index contributed by atoms with van der Waals surface area (Å²) in [7, 11) is -1.59. The number of amides is 2. The van der Waals surface area contributed by atoms with Crippen molar-refractivity contribution in [3.63, 3.8) is 0 Å². The minimum atomic E-state index is -1.59. The first-order chi connectivity index (χ1) is 11.1. The van der Waals surface area contributed by atoms with Crippen LogP contribution < -0.4 is 10.6 Å². The van der Waals surface area contributed by atoms with Crippen molar-refractivity contribution in [3.8, 4) is 6.07 Å². The molecule has 1 fully saturated rings. The predicted molar refractivity (Wildman–Crippen MR) is 104 cm³/mol. The highest BCUT2D eigenvalue weighted by molar-refractivity contribution is 14.1. The zero-order chi connectivity index (χ0) is 18.0. The van der Waals surface area contributed by atoms with Gasteiger partial charge in [0.25, 0.3) is 5.91 Å². The lowest BCUT2D eigenvalue weighted by Crippen LogP contribution is -2.52. The number of nitriles is 1. The lowest BCUT2D eigenvalue weighted by Gasteiger charge is -2.26. The van der Waals surface area contributed by atoms with Crippen LogP contribution in [0.3, 0.4) is 0 Å². The third-order valence-electron chi connectivity index (χ3n) is 3.85. The molecule has 1 aromatic rings. The van der Waals surface area contributed by atoms with Crippen LogP contribution in [0, 0.1) is 14.9 Å². The van der Waals surface area contributed by atoms with E-state index < -0.39 is 19.7 Å². The van der Waals surface area contributed by atoms with E-state index in [0.717, 1.165) is 3.57 Å². The number of benzene rings is 1. The van der Waals surface area contributed by atoms with E-state index >= 15 is 0 Å². The summed E-state index contributed by atoms with van der Waals surface area (Å²) in [5, 5.41) is 14.8. The Morgan fingerprint density at radius 1 is 1.38 bits per heavy atom. The summed E-state index contributed by atoms with van der Waals surface area (Å²) >= 11 is 2.15. The summed E-state index contributed by atoms with van der Waals surface area (Å²) < 4.78 is 0.966. The lowest BCUT2D eigenvalue weighted by molar-refractivity contribution is -0.123. The minimum absolute atomic E-state index is 0.254. The first-order valence-electron chi connectivity index (χ1n) is 7.94.